The van der Waals surface area contributed by atoms with E-state index in [1.54, 1.807) is 4.90 Å². The third-order valence-electron chi connectivity index (χ3n) is 2.92. The molecule has 5 heteroatoms. The lowest BCUT2D eigenvalue weighted by molar-refractivity contribution is 0.576. The van der Waals surface area contributed by atoms with E-state index in [4.69, 9.17) is 5.73 Å². The van der Waals surface area contributed by atoms with Crippen molar-refractivity contribution in [2.75, 3.05) is 17.2 Å². The summed E-state index contributed by atoms with van der Waals surface area (Å²) < 4.78 is 27.0. The van der Waals surface area contributed by atoms with Crippen molar-refractivity contribution in [2.45, 2.75) is 13.8 Å². The van der Waals surface area contributed by atoms with E-state index in [0.29, 0.717) is 6.54 Å². The second-order valence-electron chi connectivity index (χ2n) is 4.19. The summed E-state index contributed by atoms with van der Waals surface area (Å²) in [6.45, 7) is 4.29. The van der Waals surface area contributed by atoms with Crippen LogP contribution in [-0.4, -0.2) is 11.5 Å². The van der Waals surface area contributed by atoms with Gasteiger partial charge in [0.1, 0.15) is 0 Å². The van der Waals surface area contributed by atoms with Gasteiger partial charge in [0.2, 0.25) is 0 Å². The minimum atomic E-state index is -0.845. The Morgan fingerprint density at radius 1 is 1.21 bits per heavy atom. The van der Waals surface area contributed by atoms with Gasteiger partial charge in [-0.05, 0) is 25.5 Å². The fourth-order valence-corrected chi connectivity index (χ4v) is 1.96. The Bertz CT molecular complexity index is 599. The summed E-state index contributed by atoms with van der Waals surface area (Å²) in [6.07, 6.45) is 0. The van der Waals surface area contributed by atoms with Crippen LogP contribution in [0.5, 0.6) is 0 Å². The summed E-state index contributed by atoms with van der Waals surface area (Å²) in [4.78, 5) is 5.48. The maximum atomic E-state index is 13.9. The minimum absolute atomic E-state index is 0.0377. The quantitative estimate of drug-likeness (QED) is 0.922. The Morgan fingerprint density at radius 2 is 1.89 bits per heavy atom. The van der Waals surface area contributed by atoms with Gasteiger partial charge >= 0.3 is 0 Å². The molecule has 0 amide bonds. The van der Waals surface area contributed by atoms with Crippen molar-refractivity contribution in [3.8, 4) is 0 Å². The van der Waals surface area contributed by atoms with Crippen molar-refractivity contribution >= 4 is 17.3 Å². The molecule has 1 aromatic heterocycles. The van der Waals surface area contributed by atoms with Gasteiger partial charge in [-0.15, -0.1) is 0 Å². The molecule has 2 aromatic rings. The first kappa shape index (κ1) is 13.3. The lowest BCUT2D eigenvalue weighted by Gasteiger charge is -2.24. The Kier molecular flexibility index (Phi) is 3.64. The van der Waals surface area contributed by atoms with E-state index in [9.17, 15) is 8.78 Å². The topological polar surface area (TPSA) is 42.2 Å². The van der Waals surface area contributed by atoms with Crippen LogP contribution in [0.2, 0.25) is 0 Å². The van der Waals surface area contributed by atoms with Gasteiger partial charge in [-0.3, -0.25) is 0 Å². The van der Waals surface area contributed by atoms with Crippen molar-refractivity contribution < 1.29 is 8.78 Å². The number of benzene rings is 1. The van der Waals surface area contributed by atoms with Gasteiger partial charge in [0.05, 0.1) is 0 Å². The highest BCUT2D eigenvalue weighted by Crippen LogP contribution is 2.29. The number of nitrogens with zero attached hydrogens (tertiary/aromatic N) is 2. The molecule has 3 nitrogen and oxygen atoms in total. The fourth-order valence-electron chi connectivity index (χ4n) is 1.96. The van der Waals surface area contributed by atoms with Crippen LogP contribution in [0.15, 0.2) is 30.3 Å². The number of pyridine rings is 1. The number of hydrogen-bond donors (Lipinski definition) is 1. The van der Waals surface area contributed by atoms with E-state index in [0.717, 1.165) is 17.3 Å². The van der Waals surface area contributed by atoms with Crippen LogP contribution in [0.3, 0.4) is 0 Å². The van der Waals surface area contributed by atoms with Crippen molar-refractivity contribution in [3.05, 3.63) is 47.5 Å². The van der Waals surface area contributed by atoms with Gasteiger partial charge in [-0.2, -0.15) is 0 Å². The van der Waals surface area contributed by atoms with Gasteiger partial charge in [0, 0.05) is 18.3 Å². The van der Waals surface area contributed by atoms with Gasteiger partial charge in [-0.25, -0.2) is 13.8 Å². The molecule has 0 unspecified atom stereocenters. The largest absolute Gasteiger partial charge is 0.381 e. The Labute approximate surface area is 110 Å². The minimum Gasteiger partial charge on any atom is -0.381 e. The molecule has 2 rings (SSSR count). The number of halogens is 2. The van der Waals surface area contributed by atoms with E-state index >= 15 is 0 Å². The first-order chi connectivity index (χ1) is 9.04. The molecular weight excluding hydrogens is 248 g/mol. The molecular formula is C14H15F2N3. The SMILES string of the molecule is CCN(c1ccccc1C)c1nc(N)c(F)cc1F. The summed E-state index contributed by atoms with van der Waals surface area (Å²) in [7, 11) is 0. The summed E-state index contributed by atoms with van der Waals surface area (Å²) in [5.41, 5.74) is 7.22. The molecule has 0 saturated heterocycles. The maximum absolute atomic E-state index is 13.9. The van der Waals surface area contributed by atoms with Crippen LogP contribution in [0.25, 0.3) is 0 Å². The standard InChI is InChI=1S/C14H15F2N3/c1-3-19(12-7-5-4-6-9(12)2)14-11(16)8-10(15)13(17)18-14/h4-8H,3H2,1-2H3,(H2,17,18). The smallest absolute Gasteiger partial charge is 0.171 e. The number of aryl methyl sites for hydroxylation is 1. The molecule has 0 bridgehead atoms. The molecule has 0 saturated carbocycles. The molecule has 0 spiro atoms. The fraction of sp³-hybridized carbons (Fsp3) is 0.214. The van der Waals surface area contributed by atoms with Crippen LogP contribution in [0.1, 0.15) is 12.5 Å². The Morgan fingerprint density at radius 3 is 2.53 bits per heavy atom. The highest BCUT2D eigenvalue weighted by atomic mass is 19.1. The van der Waals surface area contributed by atoms with Crippen LogP contribution < -0.4 is 10.6 Å². The first-order valence-electron chi connectivity index (χ1n) is 5.99. The van der Waals surface area contributed by atoms with E-state index in [2.05, 4.69) is 4.98 Å². The van der Waals surface area contributed by atoms with E-state index in [-0.39, 0.29) is 11.6 Å². The zero-order valence-electron chi connectivity index (χ0n) is 10.8. The van der Waals surface area contributed by atoms with Crippen LogP contribution in [0, 0.1) is 18.6 Å². The molecule has 100 valence electrons. The molecule has 0 radical (unpaired) electrons. The van der Waals surface area contributed by atoms with E-state index in [1.165, 1.54) is 0 Å². The number of hydrogen-bond acceptors (Lipinski definition) is 3. The number of rotatable bonds is 3. The average molecular weight is 263 g/mol. The van der Waals surface area contributed by atoms with E-state index < -0.39 is 11.6 Å². The lowest BCUT2D eigenvalue weighted by atomic mass is 10.2. The van der Waals surface area contributed by atoms with Gasteiger partial charge in [0.15, 0.2) is 23.3 Å². The van der Waals surface area contributed by atoms with Gasteiger partial charge in [0.25, 0.3) is 0 Å². The number of para-hydroxylation sites is 1. The summed E-state index contributed by atoms with van der Waals surface area (Å²) in [6, 6.07) is 8.30. The molecule has 0 aliphatic carbocycles. The lowest BCUT2D eigenvalue weighted by Crippen LogP contribution is -2.20. The van der Waals surface area contributed by atoms with Gasteiger partial charge in [-0.1, -0.05) is 18.2 Å². The van der Waals surface area contributed by atoms with Crippen molar-refractivity contribution in [1.82, 2.24) is 4.98 Å². The van der Waals surface area contributed by atoms with Gasteiger partial charge < -0.3 is 10.6 Å². The first-order valence-corrected chi connectivity index (χ1v) is 5.99. The molecule has 0 atom stereocenters. The summed E-state index contributed by atoms with van der Waals surface area (Å²) >= 11 is 0. The zero-order valence-corrected chi connectivity index (χ0v) is 10.8. The molecule has 19 heavy (non-hydrogen) atoms. The van der Waals surface area contributed by atoms with Crippen LogP contribution >= 0.6 is 0 Å². The average Bonchev–Trinajstić information content (AvgIpc) is 2.38. The van der Waals surface area contributed by atoms with Crippen molar-refractivity contribution in [3.63, 3.8) is 0 Å². The highest BCUT2D eigenvalue weighted by molar-refractivity contribution is 5.65. The molecule has 0 fully saturated rings. The van der Waals surface area contributed by atoms with Crippen LogP contribution in [0.4, 0.5) is 26.1 Å². The predicted molar refractivity (Wildman–Crippen MR) is 72.4 cm³/mol. The van der Waals surface area contributed by atoms with Crippen LogP contribution in [-0.2, 0) is 0 Å². The third-order valence-corrected chi connectivity index (χ3v) is 2.92. The highest BCUT2D eigenvalue weighted by Gasteiger charge is 2.17. The molecule has 0 aliphatic heterocycles. The maximum Gasteiger partial charge on any atom is 0.171 e. The predicted octanol–water partition coefficient (Wildman–Crippen LogP) is 3.41. The molecule has 0 aliphatic rings. The molecule has 1 heterocycles. The monoisotopic (exact) mass is 263 g/mol. The number of nitrogen functional groups attached to an aromatic ring is 1. The summed E-state index contributed by atoms with van der Waals surface area (Å²) in [5, 5.41) is 0. The number of anilines is 3. The number of aromatic nitrogens is 1. The van der Waals surface area contributed by atoms with E-state index in [1.807, 2.05) is 38.1 Å². The van der Waals surface area contributed by atoms with Crippen molar-refractivity contribution in [1.29, 1.82) is 0 Å². The molecule has 2 N–H and O–H groups in total. The second-order valence-corrected chi connectivity index (χ2v) is 4.19. The second kappa shape index (κ2) is 5.22. The normalized spacial score (nSPS) is 10.5. The Hall–Kier alpha value is -2.17. The zero-order chi connectivity index (χ0) is 14.0. The summed E-state index contributed by atoms with van der Waals surface area (Å²) in [5.74, 6) is -1.84. The third kappa shape index (κ3) is 2.50. The van der Waals surface area contributed by atoms with Crippen molar-refractivity contribution in [2.24, 2.45) is 0 Å². The number of nitrogens with two attached hydrogens (primary N) is 1. The molecule has 1 aromatic carbocycles. The Balaban J connectivity index is 2.55.